The van der Waals surface area contributed by atoms with Crippen molar-refractivity contribution in [1.82, 2.24) is 5.32 Å². The number of phosphoric ester groups is 1. The van der Waals surface area contributed by atoms with Crippen LogP contribution >= 0.6 is 7.82 Å². The second-order valence-corrected chi connectivity index (χ2v) is 14.3. The van der Waals surface area contributed by atoms with Gasteiger partial charge in [-0.25, -0.2) is 0 Å². The molecular weight excluding hydrogens is 575 g/mol. The topological polar surface area (TPSA) is 108 Å². The second-order valence-electron chi connectivity index (χ2n) is 12.9. The number of nitrogens with zero attached hydrogens (tertiary/aromatic N) is 1. The summed E-state index contributed by atoms with van der Waals surface area (Å²) < 4.78 is 22.9. The van der Waals surface area contributed by atoms with Gasteiger partial charge in [-0.2, -0.15) is 0 Å². The molecule has 0 bridgehead atoms. The molecule has 0 rings (SSSR count). The summed E-state index contributed by atoms with van der Waals surface area (Å²) in [6.45, 7) is 4.50. The Morgan fingerprint density at radius 2 is 1.32 bits per heavy atom. The van der Waals surface area contributed by atoms with Crippen LogP contribution < -0.4 is 10.2 Å². The number of amides is 1. The lowest BCUT2D eigenvalue weighted by Gasteiger charge is -2.29. The van der Waals surface area contributed by atoms with Gasteiger partial charge in [-0.15, -0.1) is 0 Å². The first-order chi connectivity index (χ1) is 21.0. The van der Waals surface area contributed by atoms with Gasteiger partial charge in [0, 0.05) is 6.42 Å². The summed E-state index contributed by atoms with van der Waals surface area (Å²) in [4.78, 5) is 25.0. The number of unbranched alkanes of at least 4 members (excludes halogenated alkanes) is 14. The molecule has 0 aliphatic heterocycles. The lowest BCUT2D eigenvalue weighted by atomic mass is 10.1. The van der Waals surface area contributed by atoms with E-state index < -0.39 is 26.6 Å². The molecule has 1 unspecified atom stereocenters. The van der Waals surface area contributed by atoms with E-state index >= 15 is 0 Å². The average Bonchev–Trinajstić information content (AvgIpc) is 2.95. The van der Waals surface area contributed by atoms with Gasteiger partial charge >= 0.3 is 0 Å². The minimum atomic E-state index is -4.58. The fraction of sp³-hybridized carbons (Fsp3) is 0.800. The number of hydrogen-bond donors (Lipinski definition) is 2. The minimum absolute atomic E-state index is 0.0116. The molecule has 0 aliphatic rings. The van der Waals surface area contributed by atoms with Crippen LogP contribution in [-0.2, 0) is 18.4 Å². The SMILES string of the molecule is CCCCCC/C=C/CCCCCCCC(=O)N[C@@H](COP(=O)([O-])OCC[N+](C)(C)C)[C@H](O)/C=C/C=C/CCCCCCC. The van der Waals surface area contributed by atoms with Crippen LogP contribution in [-0.4, -0.2) is 68.5 Å². The quantitative estimate of drug-likeness (QED) is 0.0273. The molecule has 258 valence electrons. The summed E-state index contributed by atoms with van der Waals surface area (Å²) in [7, 11) is 1.22. The highest BCUT2D eigenvalue weighted by Gasteiger charge is 2.23. The van der Waals surface area contributed by atoms with E-state index in [2.05, 4.69) is 37.4 Å². The van der Waals surface area contributed by atoms with Gasteiger partial charge in [0.25, 0.3) is 7.82 Å². The van der Waals surface area contributed by atoms with E-state index in [4.69, 9.17) is 9.05 Å². The monoisotopic (exact) mass is 642 g/mol. The highest BCUT2D eigenvalue weighted by atomic mass is 31.2. The van der Waals surface area contributed by atoms with Crippen LogP contribution in [0.3, 0.4) is 0 Å². The van der Waals surface area contributed by atoms with Crippen molar-refractivity contribution in [2.24, 2.45) is 0 Å². The molecule has 9 heteroatoms. The van der Waals surface area contributed by atoms with Crippen LogP contribution in [0.5, 0.6) is 0 Å². The third kappa shape index (κ3) is 29.4. The van der Waals surface area contributed by atoms with Gasteiger partial charge in [-0.1, -0.05) is 115 Å². The summed E-state index contributed by atoms with van der Waals surface area (Å²) in [5, 5.41) is 13.5. The van der Waals surface area contributed by atoms with Crippen molar-refractivity contribution in [3.05, 3.63) is 36.5 Å². The molecule has 0 radical (unpaired) electrons. The Balaban J connectivity index is 4.65. The first-order valence-electron chi connectivity index (χ1n) is 17.4. The van der Waals surface area contributed by atoms with Crippen LogP contribution in [0, 0.1) is 0 Å². The Hall–Kier alpha value is -1.28. The van der Waals surface area contributed by atoms with E-state index in [9.17, 15) is 19.4 Å². The molecule has 0 aliphatic carbocycles. The number of allylic oxidation sites excluding steroid dienone is 5. The summed E-state index contributed by atoms with van der Waals surface area (Å²) in [5.41, 5.74) is 0. The standard InChI is InChI=1S/C35H67N2O6P/c1-6-8-10-12-14-16-17-18-19-21-23-25-27-29-35(39)36-33(32-43-44(40,41)42-31-30-37(3,4)5)34(38)28-26-24-22-20-15-13-11-9-7-2/h16-17,22,24,26,28,33-34,38H,6-15,18-21,23,25,27,29-32H2,1-5H3,(H-,36,39,40,41)/b17-16+,24-22+,28-26+/t33-,34+/m0/s1. The van der Waals surface area contributed by atoms with Gasteiger partial charge in [-0.05, 0) is 44.9 Å². The van der Waals surface area contributed by atoms with Gasteiger partial charge in [0.05, 0.1) is 39.9 Å². The van der Waals surface area contributed by atoms with Crippen LogP contribution in [0.25, 0.3) is 0 Å². The molecule has 44 heavy (non-hydrogen) atoms. The Bertz CT molecular complexity index is 825. The largest absolute Gasteiger partial charge is 0.756 e. The molecule has 1 amide bonds. The van der Waals surface area contributed by atoms with E-state index in [1.807, 2.05) is 27.2 Å². The van der Waals surface area contributed by atoms with Crippen molar-refractivity contribution in [3.8, 4) is 0 Å². The van der Waals surface area contributed by atoms with E-state index in [1.165, 1.54) is 57.8 Å². The zero-order valence-corrected chi connectivity index (χ0v) is 29.7. The zero-order valence-electron chi connectivity index (χ0n) is 28.9. The molecule has 8 nitrogen and oxygen atoms in total. The second kappa shape index (κ2) is 28.0. The highest BCUT2D eigenvalue weighted by Crippen LogP contribution is 2.38. The molecule has 0 spiro atoms. The molecule has 0 aromatic heterocycles. The minimum Gasteiger partial charge on any atom is -0.756 e. The van der Waals surface area contributed by atoms with Crippen molar-refractivity contribution in [2.45, 2.75) is 142 Å². The molecule has 0 aromatic carbocycles. The Kier molecular flexibility index (Phi) is 27.2. The molecular formula is C35H67N2O6P. The fourth-order valence-corrected chi connectivity index (χ4v) is 5.22. The zero-order chi connectivity index (χ0) is 32.9. The maximum Gasteiger partial charge on any atom is 0.268 e. The van der Waals surface area contributed by atoms with Crippen molar-refractivity contribution in [1.29, 1.82) is 0 Å². The van der Waals surface area contributed by atoms with Gasteiger partial charge < -0.3 is 28.8 Å². The summed E-state index contributed by atoms with van der Waals surface area (Å²) in [6, 6.07) is -0.917. The summed E-state index contributed by atoms with van der Waals surface area (Å²) in [6.07, 6.45) is 30.6. The van der Waals surface area contributed by atoms with Gasteiger partial charge in [0.15, 0.2) is 0 Å². The van der Waals surface area contributed by atoms with Crippen molar-refractivity contribution < 1.29 is 32.9 Å². The fourth-order valence-electron chi connectivity index (χ4n) is 4.50. The molecule has 0 saturated carbocycles. The molecule has 3 atom stereocenters. The van der Waals surface area contributed by atoms with Crippen LogP contribution in [0.15, 0.2) is 36.5 Å². The molecule has 0 aromatic rings. The molecule has 0 saturated heterocycles. The molecule has 2 N–H and O–H groups in total. The van der Waals surface area contributed by atoms with E-state index in [1.54, 1.807) is 12.2 Å². The Morgan fingerprint density at radius 3 is 1.91 bits per heavy atom. The van der Waals surface area contributed by atoms with E-state index in [0.717, 1.165) is 51.4 Å². The van der Waals surface area contributed by atoms with Crippen molar-refractivity contribution in [3.63, 3.8) is 0 Å². The predicted molar refractivity (Wildman–Crippen MR) is 182 cm³/mol. The summed E-state index contributed by atoms with van der Waals surface area (Å²) >= 11 is 0. The summed E-state index contributed by atoms with van der Waals surface area (Å²) in [5.74, 6) is -0.230. The number of carbonyl (C=O) groups excluding carboxylic acids is 1. The highest BCUT2D eigenvalue weighted by molar-refractivity contribution is 7.45. The Labute approximate surface area is 270 Å². The van der Waals surface area contributed by atoms with Gasteiger partial charge in [-0.3, -0.25) is 9.36 Å². The first kappa shape index (κ1) is 42.7. The Morgan fingerprint density at radius 1 is 0.795 bits per heavy atom. The number of hydrogen-bond acceptors (Lipinski definition) is 6. The number of rotatable bonds is 30. The number of carbonyl (C=O) groups is 1. The predicted octanol–water partition coefficient (Wildman–Crippen LogP) is 7.77. The average molecular weight is 643 g/mol. The number of nitrogens with one attached hydrogen (secondary N) is 1. The lowest BCUT2D eigenvalue weighted by Crippen LogP contribution is -2.45. The van der Waals surface area contributed by atoms with E-state index in [0.29, 0.717) is 17.4 Å². The van der Waals surface area contributed by atoms with Crippen LogP contribution in [0.2, 0.25) is 0 Å². The van der Waals surface area contributed by atoms with Crippen LogP contribution in [0.4, 0.5) is 0 Å². The van der Waals surface area contributed by atoms with Gasteiger partial charge in [0.2, 0.25) is 5.91 Å². The van der Waals surface area contributed by atoms with Crippen molar-refractivity contribution in [2.75, 3.05) is 40.9 Å². The third-order valence-corrected chi connectivity index (χ3v) is 8.34. The number of aliphatic hydroxyl groups is 1. The normalized spacial score (nSPS) is 15.3. The van der Waals surface area contributed by atoms with Crippen LogP contribution in [0.1, 0.15) is 129 Å². The molecule has 0 heterocycles. The lowest BCUT2D eigenvalue weighted by molar-refractivity contribution is -0.870. The number of phosphoric acid groups is 1. The number of likely N-dealkylation sites (N-methyl/N-ethyl adjacent to an activating group) is 1. The maximum atomic E-state index is 12.7. The van der Waals surface area contributed by atoms with Crippen molar-refractivity contribution >= 4 is 13.7 Å². The maximum absolute atomic E-state index is 12.7. The third-order valence-electron chi connectivity index (χ3n) is 7.38. The number of quaternary nitrogens is 1. The molecule has 0 fully saturated rings. The van der Waals surface area contributed by atoms with E-state index in [-0.39, 0.29) is 12.5 Å². The number of aliphatic hydroxyl groups excluding tert-OH is 1. The first-order valence-corrected chi connectivity index (χ1v) is 18.8. The smallest absolute Gasteiger partial charge is 0.268 e. The van der Waals surface area contributed by atoms with Gasteiger partial charge in [0.1, 0.15) is 13.2 Å².